The normalized spacial score (nSPS) is 10.8. The second kappa shape index (κ2) is 5.61. The minimum absolute atomic E-state index is 1.05. The smallest absolute Gasteiger partial charge is 0.0705 e. The summed E-state index contributed by atoms with van der Waals surface area (Å²) < 4.78 is 0. The summed E-state index contributed by atoms with van der Waals surface area (Å²) in [4.78, 5) is 4.65. The topological polar surface area (TPSA) is 24.9 Å². The number of fused-ring (bicyclic) bond motifs is 1. The molecule has 0 aliphatic carbocycles. The van der Waals surface area contributed by atoms with Crippen molar-refractivity contribution in [3.05, 3.63) is 42.1 Å². The van der Waals surface area contributed by atoms with Gasteiger partial charge in [-0.25, -0.2) is 0 Å². The van der Waals surface area contributed by atoms with Crippen molar-refractivity contribution in [2.45, 2.75) is 19.8 Å². The van der Waals surface area contributed by atoms with Gasteiger partial charge in [0, 0.05) is 11.1 Å². The number of nitrogens with zero attached hydrogens (tertiary/aromatic N) is 1. The Morgan fingerprint density at radius 2 is 2.00 bits per heavy atom. The highest BCUT2D eigenvalue weighted by Gasteiger charge is 1.97. The van der Waals surface area contributed by atoms with Crippen LogP contribution in [-0.2, 0) is 6.42 Å². The van der Waals surface area contributed by atoms with Crippen LogP contribution in [0.15, 0.2) is 36.4 Å². The fourth-order valence-electron chi connectivity index (χ4n) is 1.82. The third kappa shape index (κ3) is 2.80. The van der Waals surface area contributed by atoms with Crippen LogP contribution < -0.4 is 5.32 Å². The van der Waals surface area contributed by atoms with Gasteiger partial charge in [0.1, 0.15) is 0 Å². The second-order valence-corrected chi connectivity index (χ2v) is 3.95. The third-order valence-corrected chi connectivity index (χ3v) is 2.69. The van der Waals surface area contributed by atoms with Crippen LogP contribution in [0.1, 0.15) is 19.0 Å². The van der Waals surface area contributed by atoms with Gasteiger partial charge < -0.3 is 5.32 Å². The van der Waals surface area contributed by atoms with Gasteiger partial charge in [-0.3, -0.25) is 4.98 Å². The van der Waals surface area contributed by atoms with E-state index in [2.05, 4.69) is 47.6 Å². The molecule has 0 amide bonds. The number of nitrogens with one attached hydrogen (secondary N) is 1. The Morgan fingerprint density at radius 1 is 1.12 bits per heavy atom. The molecular weight excluding hydrogens is 196 g/mol. The zero-order valence-electron chi connectivity index (χ0n) is 9.74. The lowest BCUT2D eigenvalue weighted by Gasteiger charge is -2.03. The van der Waals surface area contributed by atoms with Crippen LogP contribution in [0, 0.1) is 0 Å². The standard InChI is InChI=1S/C14H18N2/c1-2-15-11-5-7-13-10-9-12-6-3-4-8-14(12)16-13/h3-4,6,8-10,15H,2,5,7,11H2,1H3. The van der Waals surface area contributed by atoms with Gasteiger partial charge >= 0.3 is 0 Å². The van der Waals surface area contributed by atoms with Crippen LogP contribution in [0.5, 0.6) is 0 Å². The Hall–Kier alpha value is -1.41. The van der Waals surface area contributed by atoms with E-state index >= 15 is 0 Å². The first-order valence-electron chi connectivity index (χ1n) is 5.95. The molecule has 1 aromatic heterocycles. The average Bonchev–Trinajstić information content (AvgIpc) is 2.34. The first-order valence-corrected chi connectivity index (χ1v) is 5.95. The predicted octanol–water partition coefficient (Wildman–Crippen LogP) is 2.78. The minimum Gasteiger partial charge on any atom is -0.317 e. The largest absolute Gasteiger partial charge is 0.317 e. The molecule has 84 valence electrons. The third-order valence-electron chi connectivity index (χ3n) is 2.69. The lowest BCUT2D eigenvalue weighted by Crippen LogP contribution is -2.14. The molecule has 2 rings (SSSR count). The van der Waals surface area contributed by atoms with Gasteiger partial charge in [0.2, 0.25) is 0 Å². The maximum absolute atomic E-state index is 4.65. The lowest BCUT2D eigenvalue weighted by atomic mass is 10.1. The van der Waals surface area contributed by atoms with Crippen molar-refractivity contribution >= 4 is 10.9 Å². The van der Waals surface area contributed by atoms with Crippen molar-refractivity contribution in [3.63, 3.8) is 0 Å². The molecule has 0 spiro atoms. The first kappa shape index (κ1) is 11.1. The fourth-order valence-corrected chi connectivity index (χ4v) is 1.82. The summed E-state index contributed by atoms with van der Waals surface area (Å²) in [6.45, 7) is 4.25. The molecule has 0 saturated carbocycles. The maximum atomic E-state index is 4.65. The van der Waals surface area contributed by atoms with E-state index < -0.39 is 0 Å². The van der Waals surface area contributed by atoms with Gasteiger partial charge in [0.25, 0.3) is 0 Å². The molecule has 0 aliphatic heterocycles. The number of hydrogen-bond acceptors (Lipinski definition) is 2. The zero-order chi connectivity index (χ0) is 11.2. The van der Waals surface area contributed by atoms with Gasteiger partial charge in [0.15, 0.2) is 0 Å². The molecule has 1 heterocycles. The number of aromatic nitrogens is 1. The molecule has 1 aromatic carbocycles. The van der Waals surface area contributed by atoms with Crippen LogP contribution in [0.3, 0.4) is 0 Å². The highest BCUT2D eigenvalue weighted by atomic mass is 14.8. The predicted molar refractivity (Wildman–Crippen MR) is 68.6 cm³/mol. The molecule has 0 radical (unpaired) electrons. The first-order chi connectivity index (χ1) is 7.90. The molecule has 0 aliphatic rings. The number of aryl methyl sites for hydroxylation is 1. The molecule has 0 bridgehead atoms. The molecule has 2 nitrogen and oxygen atoms in total. The number of pyridine rings is 1. The summed E-state index contributed by atoms with van der Waals surface area (Å²) in [5, 5.41) is 4.55. The molecule has 0 fully saturated rings. The van der Waals surface area contributed by atoms with Gasteiger partial charge in [-0.2, -0.15) is 0 Å². The summed E-state index contributed by atoms with van der Waals surface area (Å²) >= 11 is 0. The average molecular weight is 214 g/mol. The number of para-hydroxylation sites is 1. The van der Waals surface area contributed by atoms with E-state index in [0.717, 1.165) is 31.4 Å². The molecule has 0 saturated heterocycles. The fraction of sp³-hybridized carbons (Fsp3) is 0.357. The van der Waals surface area contributed by atoms with E-state index in [1.807, 2.05) is 6.07 Å². The molecule has 0 unspecified atom stereocenters. The SMILES string of the molecule is CCNCCCc1ccc2ccccc2n1. The Balaban J connectivity index is 2.02. The Bertz CT molecular complexity index is 451. The van der Waals surface area contributed by atoms with Gasteiger partial charge in [-0.1, -0.05) is 31.2 Å². The molecule has 2 aromatic rings. The summed E-state index contributed by atoms with van der Waals surface area (Å²) in [7, 11) is 0. The lowest BCUT2D eigenvalue weighted by molar-refractivity contribution is 0.668. The Labute approximate surface area is 96.7 Å². The molecule has 2 heteroatoms. The Kier molecular flexibility index (Phi) is 3.89. The van der Waals surface area contributed by atoms with E-state index in [4.69, 9.17) is 0 Å². The van der Waals surface area contributed by atoms with Crippen molar-refractivity contribution in [2.24, 2.45) is 0 Å². The quantitative estimate of drug-likeness (QED) is 0.774. The summed E-state index contributed by atoms with van der Waals surface area (Å²) in [5.41, 5.74) is 2.29. The van der Waals surface area contributed by atoms with Crippen molar-refractivity contribution in [1.29, 1.82) is 0 Å². The summed E-state index contributed by atoms with van der Waals surface area (Å²) in [6.07, 6.45) is 2.21. The number of benzene rings is 1. The highest BCUT2D eigenvalue weighted by molar-refractivity contribution is 5.78. The minimum atomic E-state index is 1.05. The number of hydrogen-bond donors (Lipinski definition) is 1. The molecule has 1 N–H and O–H groups in total. The van der Waals surface area contributed by atoms with Crippen molar-refractivity contribution < 1.29 is 0 Å². The molecular formula is C14H18N2. The van der Waals surface area contributed by atoms with Gasteiger partial charge in [-0.05, 0) is 38.1 Å². The second-order valence-electron chi connectivity index (χ2n) is 3.95. The van der Waals surface area contributed by atoms with Crippen LogP contribution in [0.25, 0.3) is 10.9 Å². The monoisotopic (exact) mass is 214 g/mol. The van der Waals surface area contributed by atoms with Crippen molar-refractivity contribution in [3.8, 4) is 0 Å². The van der Waals surface area contributed by atoms with E-state index in [0.29, 0.717) is 0 Å². The van der Waals surface area contributed by atoms with E-state index in [1.165, 1.54) is 11.1 Å². The molecule has 0 atom stereocenters. The maximum Gasteiger partial charge on any atom is 0.0705 e. The Morgan fingerprint density at radius 3 is 2.88 bits per heavy atom. The van der Waals surface area contributed by atoms with Crippen LogP contribution in [-0.4, -0.2) is 18.1 Å². The number of rotatable bonds is 5. The highest BCUT2D eigenvalue weighted by Crippen LogP contribution is 2.12. The van der Waals surface area contributed by atoms with E-state index in [-0.39, 0.29) is 0 Å². The van der Waals surface area contributed by atoms with Crippen LogP contribution in [0.4, 0.5) is 0 Å². The van der Waals surface area contributed by atoms with E-state index in [1.54, 1.807) is 0 Å². The van der Waals surface area contributed by atoms with Crippen molar-refractivity contribution in [1.82, 2.24) is 10.3 Å². The van der Waals surface area contributed by atoms with Crippen LogP contribution >= 0.6 is 0 Å². The van der Waals surface area contributed by atoms with Crippen LogP contribution in [0.2, 0.25) is 0 Å². The van der Waals surface area contributed by atoms with E-state index in [9.17, 15) is 0 Å². The van der Waals surface area contributed by atoms with Gasteiger partial charge in [-0.15, -0.1) is 0 Å². The zero-order valence-corrected chi connectivity index (χ0v) is 9.74. The molecule has 16 heavy (non-hydrogen) atoms. The summed E-state index contributed by atoms with van der Waals surface area (Å²) in [6, 6.07) is 12.6. The van der Waals surface area contributed by atoms with Crippen molar-refractivity contribution in [2.75, 3.05) is 13.1 Å². The van der Waals surface area contributed by atoms with Gasteiger partial charge in [0.05, 0.1) is 5.52 Å². The summed E-state index contributed by atoms with van der Waals surface area (Å²) in [5.74, 6) is 0.